The molecule has 0 radical (unpaired) electrons. The number of aromatic nitrogens is 3. The lowest BCUT2D eigenvalue weighted by Gasteiger charge is -2.21. The Morgan fingerprint density at radius 1 is 0.692 bits per heavy atom. The SMILES string of the molecule is CCN(CC)c1ccc(/C=N/c2c(-c3ccc(N(CC)CC)cc3)nc3cc(-c4ccncc4)ccn23)cc1. The molecule has 0 saturated carbocycles. The molecule has 0 unspecified atom stereocenters. The average molecular weight is 517 g/mol. The molecule has 2 aromatic carbocycles. The fraction of sp³-hybridized carbons (Fsp3) is 0.242. The topological polar surface area (TPSA) is 49.0 Å². The lowest BCUT2D eigenvalue weighted by molar-refractivity contribution is 0.866. The third-order valence-electron chi connectivity index (χ3n) is 7.24. The van der Waals surface area contributed by atoms with Crippen LogP contribution in [0.15, 0.2) is 96.4 Å². The van der Waals surface area contributed by atoms with Gasteiger partial charge in [-0.3, -0.25) is 9.38 Å². The molecule has 0 atom stereocenters. The van der Waals surface area contributed by atoms with E-state index < -0.39 is 0 Å². The van der Waals surface area contributed by atoms with Crippen molar-refractivity contribution in [3.05, 3.63) is 97.0 Å². The van der Waals surface area contributed by atoms with Gasteiger partial charge in [0.2, 0.25) is 0 Å². The van der Waals surface area contributed by atoms with Crippen LogP contribution in [0.2, 0.25) is 0 Å². The molecule has 0 N–H and O–H groups in total. The Bertz CT molecular complexity index is 1530. The third-order valence-corrected chi connectivity index (χ3v) is 7.24. The fourth-order valence-corrected chi connectivity index (χ4v) is 4.99. The van der Waals surface area contributed by atoms with Gasteiger partial charge in [-0.15, -0.1) is 0 Å². The number of anilines is 2. The monoisotopic (exact) mass is 516 g/mol. The van der Waals surface area contributed by atoms with Crippen LogP contribution in [-0.4, -0.2) is 46.8 Å². The first-order valence-electron chi connectivity index (χ1n) is 13.8. The summed E-state index contributed by atoms with van der Waals surface area (Å²) in [5.41, 5.74) is 8.47. The maximum atomic E-state index is 5.07. The molecular weight excluding hydrogens is 480 g/mol. The fourth-order valence-electron chi connectivity index (χ4n) is 4.99. The van der Waals surface area contributed by atoms with Gasteiger partial charge in [0.1, 0.15) is 11.3 Å². The van der Waals surface area contributed by atoms with Gasteiger partial charge in [0.15, 0.2) is 5.82 Å². The second-order valence-electron chi connectivity index (χ2n) is 9.40. The van der Waals surface area contributed by atoms with Crippen molar-refractivity contribution in [3.63, 3.8) is 0 Å². The Morgan fingerprint density at radius 3 is 1.87 bits per heavy atom. The number of imidazole rings is 1. The highest BCUT2D eigenvalue weighted by Gasteiger charge is 2.15. The van der Waals surface area contributed by atoms with Crippen LogP contribution in [0.4, 0.5) is 17.2 Å². The van der Waals surface area contributed by atoms with Gasteiger partial charge in [-0.1, -0.05) is 24.3 Å². The van der Waals surface area contributed by atoms with Crippen LogP contribution in [0.25, 0.3) is 28.0 Å². The number of rotatable bonds is 10. The van der Waals surface area contributed by atoms with Crippen molar-refractivity contribution in [1.82, 2.24) is 14.4 Å². The number of nitrogens with zero attached hydrogens (tertiary/aromatic N) is 6. The van der Waals surface area contributed by atoms with Crippen molar-refractivity contribution in [3.8, 4) is 22.4 Å². The Balaban J connectivity index is 1.56. The van der Waals surface area contributed by atoms with Crippen LogP contribution in [0.5, 0.6) is 0 Å². The molecule has 0 spiro atoms. The van der Waals surface area contributed by atoms with E-state index in [1.165, 1.54) is 11.4 Å². The molecule has 0 aliphatic heterocycles. The van der Waals surface area contributed by atoms with E-state index in [-0.39, 0.29) is 0 Å². The van der Waals surface area contributed by atoms with Gasteiger partial charge in [0.25, 0.3) is 0 Å². The Kier molecular flexibility index (Phi) is 8.02. The smallest absolute Gasteiger partial charge is 0.165 e. The lowest BCUT2D eigenvalue weighted by Crippen LogP contribution is -2.21. The van der Waals surface area contributed by atoms with Gasteiger partial charge in [-0.2, -0.15) is 0 Å². The summed E-state index contributed by atoms with van der Waals surface area (Å²) in [6.07, 6.45) is 7.62. The van der Waals surface area contributed by atoms with Crippen molar-refractivity contribution in [1.29, 1.82) is 0 Å². The van der Waals surface area contributed by atoms with Crippen LogP contribution in [-0.2, 0) is 0 Å². The molecule has 198 valence electrons. The summed E-state index contributed by atoms with van der Waals surface area (Å²) in [5.74, 6) is 0.815. The van der Waals surface area contributed by atoms with Crippen molar-refractivity contribution < 1.29 is 0 Å². The van der Waals surface area contributed by atoms with Gasteiger partial charge < -0.3 is 9.80 Å². The van der Waals surface area contributed by atoms with Gasteiger partial charge in [0.05, 0.1) is 0 Å². The summed E-state index contributed by atoms with van der Waals surface area (Å²) >= 11 is 0. The van der Waals surface area contributed by atoms with Crippen molar-refractivity contribution in [2.24, 2.45) is 4.99 Å². The summed E-state index contributed by atoms with van der Waals surface area (Å²) in [6.45, 7) is 12.7. The number of benzene rings is 2. The van der Waals surface area contributed by atoms with Crippen LogP contribution in [0, 0.1) is 0 Å². The third kappa shape index (κ3) is 5.55. The van der Waals surface area contributed by atoms with Crippen LogP contribution < -0.4 is 9.80 Å². The Labute approximate surface area is 231 Å². The summed E-state index contributed by atoms with van der Waals surface area (Å²) in [6, 6.07) is 25.5. The summed E-state index contributed by atoms with van der Waals surface area (Å²) in [4.78, 5) is 18.9. The van der Waals surface area contributed by atoms with Crippen LogP contribution >= 0.6 is 0 Å². The predicted molar refractivity (Wildman–Crippen MR) is 165 cm³/mol. The summed E-state index contributed by atoms with van der Waals surface area (Å²) < 4.78 is 2.07. The normalized spacial score (nSPS) is 11.4. The summed E-state index contributed by atoms with van der Waals surface area (Å²) in [5, 5.41) is 0. The highest BCUT2D eigenvalue weighted by atomic mass is 15.1. The number of fused-ring (bicyclic) bond motifs is 1. The molecule has 0 saturated heterocycles. The zero-order valence-electron chi connectivity index (χ0n) is 23.2. The highest BCUT2D eigenvalue weighted by molar-refractivity contribution is 5.86. The van der Waals surface area contributed by atoms with E-state index in [1.54, 1.807) is 0 Å². The molecule has 0 amide bonds. The molecule has 39 heavy (non-hydrogen) atoms. The lowest BCUT2D eigenvalue weighted by atomic mass is 10.1. The minimum absolute atomic E-state index is 0.815. The van der Waals surface area contributed by atoms with E-state index in [0.717, 1.165) is 65.6 Å². The molecule has 5 aromatic rings. The molecule has 6 heteroatoms. The predicted octanol–water partition coefficient (Wildman–Crippen LogP) is 7.51. The molecule has 6 nitrogen and oxygen atoms in total. The Hall–Kier alpha value is -4.45. The zero-order valence-corrected chi connectivity index (χ0v) is 23.2. The largest absolute Gasteiger partial charge is 0.372 e. The Morgan fingerprint density at radius 2 is 1.28 bits per heavy atom. The van der Waals surface area contributed by atoms with E-state index >= 15 is 0 Å². The van der Waals surface area contributed by atoms with E-state index in [4.69, 9.17) is 9.98 Å². The quantitative estimate of drug-likeness (QED) is 0.180. The molecule has 0 bridgehead atoms. The molecule has 5 rings (SSSR count). The first kappa shape index (κ1) is 26.2. The number of aliphatic imine (C=N–C) groups is 1. The molecular formula is C33H36N6. The standard InChI is InChI=1S/C33H36N6/c1-5-37(6-2)29-13-9-25(10-14-29)24-35-33-32(27-11-15-30(16-12-27)38(7-3)8-4)36-31-23-28(19-22-39(31)33)26-17-20-34-21-18-26/h9-24H,5-8H2,1-4H3/b35-24+. The number of hydrogen-bond acceptors (Lipinski definition) is 5. The molecule has 0 aliphatic rings. The molecule has 0 fully saturated rings. The van der Waals surface area contributed by atoms with Gasteiger partial charge >= 0.3 is 0 Å². The second kappa shape index (κ2) is 11.9. The number of pyridine rings is 2. The molecule has 3 aromatic heterocycles. The van der Waals surface area contributed by atoms with E-state index in [0.29, 0.717) is 0 Å². The van der Waals surface area contributed by atoms with E-state index in [1.807, 2.05) is 30.7 Å². The maximum Gasteiger partial charge on any atom is 0.165 e. The van der Waals surface area contributed by atoms with Gasteiger partial charge in [-0.25, -0.2) is 9.98 Å². The number of hydrogen-bond donors (Lipinski definition) is 0. The minimum Gasteiger partial charge on any atom is -0.372 e. The first-order valence-corrected chi connectivity index (χ1v) is 13.8. The minimum atomic E-state index is 0.815. The van der Waals surface area contributed by atoms with Crippen molar-refractivity contribution in [2.45, 2.75) is 27.7 Å². The van der Waals surface area contributed by atoms with Crippen LogP contribution in [0.1, 0.15) is 33.3 Å². The average Bonchev–Trinajstić information content (AvgIpc) is 3.36. The van der Waals surface area contributed by atoms with Crippen molar-refractivity contribution >= 4 is 29.1 Å². The zero-order chi connectivity index (χ0) is 27.2. The first-order chi connectivity index (χ1) is 19.1. The summed E-state index contributed by atoms with van der Waals surface area (Å²) in [7, 11) is 0. The van der Waals surface area contributed by atoms with E-state index in [9.17, 15) is 0 Å². The van der Waals surface area contributed by atoms with Crippen molar-refractivity contribution in [2.75, 3.05) is 36.0 Å². The highest BCUT2D eigenvalue weighted by Crippen LogP contribution is 2.34. The second-order valence-corrected chi connectivity index (χ2v) is 9.40. The van der Waals surface area contributed by atoms with Gasteiger partial charge in [0, 0.05) is 67.9 Å². The van der Waals surface area contributed by atoms with Crippen LogP contribution in [0.3, 0.4) is 0 Å². The maximum absolute atomic E-state index is 5.07. The molecule has 3 heterocycles. The van der Waals surface area contributed by atoms with E-state index in [2.05, 4.69) is 114 Å². The molecule has 0 aliphatic carbocycles. The van der Waals surface area contributed by atoms with Gasteiger partial charge in [-0.05, 0) is 92.9 Å².